The third-order valence-electron chi connectivity index (χ3n) is 5.14. The van der Waals surface area contributed by atoms with Gasteiger partial charge in [0.05, 0.1) is 24.0 Å². The molecule has 1 amide bonds. The molecule has 0 aromatic carbocycles. The van der Waals surface area contributed by atoms with Crippen molar-refractivity contribution >= 4 is 34.2 Å². The summed E-state index contributed by atoms with van der Waals surface area (Å²) in [5.41, 5.74) is 1.45. The number of aliphatic carboxylic acids is 1. The van der Waals surface area contributed by atoms with E-state index in [9.17, 15) is 19.5 Å². The van der Waals surface area contributed by atoms with E-state index in [1.807, 2.05) is 13.0 Å². The highest BCUT2D eigenvalue weighted by molar-refractivity contribution is 7.17. The molecule has 7 heteroatoms. The van der Waals surface area contributed by atoms with Crippen LogP contribution in [0.25, 0.3) is 0 Å². The van der Waals surface area contributed by atoms with E-state index < -0.39 is 23.8 Å². The van der Waals surface area contributed by atoms with Gasteiger partial charge in [-0.1, -0.05) is 19.1 Å². The lowest BCUT2D eigenvalue weighted by molar-refractivity contribution is -0.146. The van der Waals surface area contributed by atoms with Gasteiger partial charge in [-0.15, -0.1) is 11.3 Å². The van der Waals surface area contributed by atoms with Crippen molar-refractivity contribution in [3.05, 3.63) is 28.2 Å². The van der Waals surface area contributed by atoms with Crippen molar-refractivity contribution in [3.8, 4) is 0 Å². The molecule has 0 saturated heterocycles. The van der Waals surface area contributed by atoms with Crippen LogP contribution in [-0.2, 0) is 27.2 Å². The zero-order valence-electron chi connectivity index (χ0n) is 15.5. The van der Waals surface area contributed by atoms with Crippen LogP contribution in [0.5, 0.6) is 0 Å². The topological polar surface area (TPSA) is 92.7 Å². The molecule has 0 fully saturated rings. The number of carboxylic acid groups (broad SMARTS) is 1. The van der Waals surface area contributed by atoms with Crippen molar-refractivity contribution in [1.29, 1.82) is 0 Å². The number of thiophene rings is 1. The Bertz CT molecular complexity index is 767. The highest BCUT2D eigenvalue weighted by Crippen LogP contribution is 2.39. The smallest absolute Gasteiger partial charge is 0.341 e. The number of hydrogen-bond donors (Lipinski definition) is 2. The quantitative estimate of drug-likeness (QED) is 0.568. The van der Waals surface area contributed by atoms with E-state index in [1.54, 1.807) is 6.08 Å². The van der Waals surface area contributed by atoms with E-state index in [4.69, 9.17) is 4.74 Å². The van der Waals surface area contributed by atoms with Crippen molar-refractivity contribution < 1.29 is 24.2 Å². The van der Waals surface area contributed by atoms with Gasteiger partial charge in [-0.3, -0.25) is 9.59 Å². The average Bonchev–Trinajstić information content (AvgIpc) is 3.03. The summed E-state index contributed by atoms with van der Waals surface area (Å²) in [4.78, 5) is 38.1. The molecule has 146 valence electrons. The summed E-state index contributed by atoms with van der Waals surface area (Å²) in [6.45, 7) is 2.27. The summed E-state index contributed by atoms with van der Waals surface area (Å²) in [5, 5.41) is 12.8. The normalized spacial score (nSPS) is 21.4. The number of carbonyl (C=O) groups excluding carboxylic acids is 2. The lowest BCUT2D eigenvalue weighted by Crippen LogP contribution is -2.34. The first kappa shape index (κ1) is 19.6. The Labute approximate surface area is 162 Å². The summed E-state index contributed by atoms with van der Waals surface area (Å²) < 4.78 is 5.34. The number of amides is 1. The van der Waals surface area contributed by atoms with Gasteiger partial charge in [0.25, 0.3) is 0 Å². The standard InChI is InChI=1S/C20H25NO5S/c1-2-11-26-20(25)16-14-9-5-6-10-15(14)27-18(16)21-17(22)12-7-3-4-8-13(12)19(23)24/h3-4,12-13H,2,5-11H2,1H3,(H,21,22)(H,23,24)/t12-,13-/m1/s1. The Morgan fingerprint density at radius 3 is 2.59 bits per heavy atom. The van der Waals surface area contributed by atoms with Crippen LogP contribution in [0.2, 0.25) is 0 Å². The van der Waals surface area contributed by atoms with Gasteiger partial charge in [0.2, 0.25) is 5.91 Å². The SMILES string of the molecule is CCCOC(=O)c1c(NC(=O)[C@@H]2CC=CC[C@H]2C(=O)O)sc2c1CCCC2. The Balaban J connectivity index is 1.86. The molecule has 0 radical (unpaired) electrons. The van der Waals surface area contributed by atoms with E-state index in [0.717, 1.165) is 42.5 Å². The lowest BCUT2D eigenvalue weighted by Gasteiger charge is -2.24. The maximum atomic E-state index is 12.8. The van der Waals surface area contributed by atoms with Crippen LogP contribution < -0.4 is 5.32 Å². The Morgan fingerprint density at radius 1 is 1.19 bits per heavy atom. The molecule has 2 aliphatic rings. The number of fused-ring (bicyclic) bond motifs is 1. The van der Waals surface area contributed by atoms with E-state index in [0.29, 0.717) is 30.0 Å². The van der Waals surface area contributed by atoms with Gasteiger partial charge >= 0.3 is 11.9 Å². The highest BCUT2D eigenvalue weighted by atomic mass is 32.1. The molecule has 1 aromatic heterocycles. The predicted molar refractivity (Wildman–Crippen MR) is 103 cm³/mol. The first-order valence-electron chi connectivity index (χ1n) is 9.53. The summed E-state index contributed by atoms with van der Waals surface area (Å²) in [6.07, 6.45) is 8.91. The molecule has 3 rings (SSSR count). The van der Waals surface area contributed by atoms with Gasteiger partial charge in [-0.05, 0) is 50.5 Å². The van der Waals surface area contributed by atoms with E-state index in [1.165, 1.54) is 11.3 Å². The summed E-state index contributed by atoms with van der Waals surface area (Å²) in [5.74, 6) is -3.07. The van der Waals surface area contributed by atoms with Gasteiger partial charge in [-0.2, -0.15) is 0 Å². The molecule has 0 aliphatic heterocycles. The molecule has 2 atom stereocenters. The number of nitrogens with one attached hydrogen (secondary N) is 1. The van der Waals surface area contributed by atoms with Crippen molar-refractivity contribution in [2.75, 3.05) is 11.9 Å². The van der Waals surface area contributed by atoms with Crippen LogP contribution in [0.3, 0.4) is 0 Å². The zero-order valence-corrected chi connectivity index (χ0v) is 16.3. The number of aryl methyl sites for hydroxylation is 1. The van der Waals surface area contributed by atoms with Gasteiger partial charge in [0.1, 0.15) is 5.00 Å². The number of rotatable bonds is 6. The highest BCUT2D eigenvalue weighted by Gasteiger charge is 2.35. The maximum absolute atomic E-state index is 12.8. The molecule has 6 nitrogen and oxygen atoms in total. The molecule has 0 spiro atoms. The fourth-order valence-corrected chi connectivity index (χ4v) is 5.00. The van der Waals surface area contributed by atoms with Crippen LogP contribution in [0.4, 0.5) is 5.00 Å². The first-order valence-corrected chi connectivity index (χ1v) is 10.3. The molecule has 27 heavy (non-hydrogen) atoms. The molecule has 2 aliphatic carbocycles. The Morgan fingerprint density at radius 2 is 1.89 bits per heavy atom. The number of carboxylic acids is 1. The van der Waals surface area contributed by atoms with Crippen LogP contribution in [-0.4, -0.2) is 29.6 Å². The third-order valence-corrected chi connectivity index (χ3v) is 6.34. The summed E-state index contributed by atoms with van der Waals surface area (Å²) in [7, 11) is 0. The number of carbonyl (C=O) groups is 3. The number of ether oxygens (including phenoxy) is 1. The van der Waals surface area contributed by atoms with Crippen LogP contribution in [0, 0.1) is 11.8 Å². The monoisotopic (exact) mass is 391 g/mol. The fraction of sp³-hybridized carbons (Fsp3) is 0.550. The zero-order chi connectivity index (χ0) is 19.4. The second-order valence-corrected chi connectivity index (χ2v) is 8.14. The minimum Gasteiger partial charge on any atom is -0.481 e. The number of hydrogen-bond acceptors (Lipinski definition) is 5. The van der Waals surface area contributed by atoms with E-state index >= 15 is 0 Å². The maximum Gasteiger partial charge on any atom is 0.341 e. The van der Waals surface area contributed by atoms with Crippen LogP contribution in [0.1, 0.15) is 59.8 Å². The molecule has 1 heterocycles. The number of anilines is 1. The van der Waals surface area contributed by atoms with E-state index in [2.05, 4.69) is 5.32 Å². The van der Waals surface area contributed by atoms with Gasteiger partial charge in [0, 0.05) is 4.88 Å². The average molecular weight is 391 g/mol. The summed E-state index contributed by atoms with van der Waals surface area (Å²) in [6, 6.07) is 0. The van der Waals surface area contributed by atoms with Crippen molar-refractivity contribution in [3.63, 3.8) is 0 Å². The molecule has 2 N–H and O–H groups in total. The largest absolute Gasteiger partial charge is 0.481 e. The van der Waals surface area contributed by atoms with Crippen LogP contribution >= 0.6 is 11.3 Å². The molecule has 0 bridgehead atoms. The van der Waals surface area contributed by atoms with Gasteiger partial charge < -0.3 is 15.2 Å². The van der Waals surface area contributed by atoms with Crippen molar-refractivity contribution in [1.82, 2.24) is 0 Å². The Kier molecular flexibility index (Phi) is 6.31. The molecule has 1 aromatic rings. The molecular weight excluding hydrogens is 366 g/mol. The third kappa shape index (κ3) is 4.24. The second kappa shape index (κ2) is 8.69. The predicted octanol–water partition coefficient (Wildman–Crippen LogP) is 3.80. The summed E-state index contributed by atoms with van der Waals surface area (Å²) >= 11 is 1.43. The fourth-order valence-electron chi connectivity index (χ4n) is 3.72. The lowest BCUT2D eigenvalue weighted by atomic mass is 9.82. The van der Waals surface area contributed by atoms with Crippen molar-refractivity contribution in [2.45, 2.75) is 51.9 Å². The van der Waals surface area contributed by atoms with Crippen molar-refractivity contribution in [2.24, 2.45) is 11.8 Å². The molecule has 0 unspecified atom stereocenters. The minimum absolute atomic E-state index is 0.338. The van der Waals surface area contributed by atoms with Crippen LogP contribution in [0.15, 0.2) is 12.2 Å². The minimum atomic E-state index is -0.965. The first-order chi connectivity index (χ1) is 13.0. The number of esters is 1. The van der Waals surface area contributed by atoms with Gasteiger partial charge in [0.15, 0.2) is 0 Å². The molecular formula is C20H25NO5S. The number of allylic oxidation sites excluding steroid dienone is 2. The second-order valence-electron chi connectivity index (χ2n) is 7.03. The van der Waals surface area contributed by atoms with Gasteiger partial charge in [-0.25, -0.2) is 4.79 Å². The van der Waals surface area contributed by atoms with E-state index in [-0.39, 0.29) is 5.91 Å². The Hall–Kier alpha value is -2.15. The molecule has 0 saturated carbocycles.